The van der Waals surface area contributed by atoms with Crippen molar-refractivity contribution in [3.05, 3.63) is 29.8 Å². The van der Waals surface area contributed by atoms with Crippen LogP contribution in [-0.4, -0.2) is 6.54 Å². The molecule has 15 heavy (non-hydrogen) atoms. The van der Waals surface area contributed by atoms with Crippen molar-refractivity contribution in [1.29, 1.82) is 0 Å². The third-order valence-corrected chi connectivity index (χ3v) is 2.62. The minimum Gasteiger partial charge on any atom is -0.385 e. The van der Waals surface area contributed by atoms with Gasteiger partial charge < -0.3 is 5.32 Å². The summed E-state index contributed by atoms with van der Waals surface area (Å²) in [6.45, 7) is 7.78. The van der Waals surface area contributed by atoms with E-state index in [1.807, 2.05) is 0 Å². The first kappa shape index (κ1) is 12.4. The van der Waals surface area contributed by atoms with E-state index < -0.39 is 0 Å². The van der Waals surface area contributed by atoms with E-state index in [9.17, 15) is 0 Å². The van der Waals surface area contributed by atoms with Crippen molar-refractivity contribution < 1.29 is 0 Å². The zero-order valence-corrected chi connectivity index (χ0v) is 10.6. The molecule has 0 saturated heterocycles. The van der Waals surface area contributed by atoms with Gasteiger partial charge in [-0.3, -0.25) is 0 Å². The van der Waals surface area contributed by atoms with Crippen molar-refractivity contribution in [3.8, 4) is 0 Å². The summed E-state index contributed by atoms with van der Waals surface area (Å²) < 4.78 is 0. The number of alkyl halides is 1. The summed E-state index contributed by atoms with van der Waals surface area (Å²) in [5.74, 6) is 0.586. The highest BCUT2D eigenvalue weighted by molar-refractivity contribution is 6.17. The van der Waals surface area contributed by atoms with Gasteiger partial charge in [-0.2, -0.15) is 0 Å². The van der Waals surface area contributed by atoms with Gasteiger partial charge in [-0.25, -0.2) is 0 Å². The van der Waals surface area contributed by atoms with Crippen molar-refractivity contribution in [3.63, 3.8) is 0 Å². The average molecular weight is 226 g/mol. The van der Waals surface area contributed by atoms with E-state index in [1.54, 1.807) is 0 Å². The molecular formula is C13H20ClN. The quantitative estimate of drug-likeness (QED) is 0.755. The molecule has 1 aromatic carbocycles. The molecule has 0 amide bonds. The lowest BCUT2D eigenvalue weighted by molar-refractivity contribution is 0.390. The van der Waals surface area contributed by atoms with Crippen LogP contribution in [0.3, 0.4) is 0 Å². The molecule has 0 saturated carbocycles. The first-order valence-corrected chi connectivity index (χ1v) is 5.93. The summed E-state index contributed by atoms with van der Waals surface area (Å²) in [5.41, 5.74) is 2.73. The van der Waals surface area contributed by atoms with E-state index in [0.29, 0.717) is 11.3 Å². The highest BCUT2D eigenvalue weighted by Crippen LogP contribution is 2.18. The van der Waals surface area contributed by atoms with Crippen molar-refractivity contribution in [2.45, 2.75) is 33.1 Å². The van der Waals surface area contributed by atoms with Gasteiger partial charge in [-0.1, -0.05) is 32.9 Å². The van der Waals surface area contributed by atoms with Gasteiger partial charge >= 0.3 is 0 Å². The Balaban J connectivity index is 2.38. The molecule has 0 radical (unpaired) electrons. The summed E-state index contributed by atoms with van der Waals surface area (Å²) in [6.07, 6.45) is 1.17. The minimum atomic E-state index is 0.392. The van der Waals surface area contributed by atoms with Crippen LogP contribution in [0.4, 0.5) is 5.69 Å². The molecule has 1 N–H and O–H groups in total. The Morgan fingerprint density at radius 3 is 2.20 bits per heavy atom. The second-order valence-electron chi connectivity index (χ2n) is 5.07. The topological polar surface area (TPSA) is 12.0 Å². The number of halogens is 1. The van der Waals surface area contributed by atoms with Gasteiger partial charge in [-0.05, 0) is 29.5 Å². The molecule has 0 atom stereocenters. The monoisotopic (exact) mass is 225 g/mol. The number of anilines is 1. The molecule has 0 aliphatic heterocycles. The Morgan fingerprint density at radius 1 is 1.13 bits per heavy atom. The molecule has 0 aliphatic rings. The largest absolute Gasteiger partial charge is 0.385 e. The number of hydrogen-bond donors (Lipinski definition) is 1. The fraction of sp³-hybridized carbons (Fsp3) is 0.538. The first-order chi connectivity index (χ1) is 7.01. The van der Waals surface area contributed by atoms with E-state index in [2.05, 4.69) is 50.4 Å². The predicted octanol–water partition coefficient (Wildman–Crippen LogP) is 4.27. The van der Waals surface area contributed by atoms with E-state index in [4.69, 9.17) is 11.6 Å². The van der Waals surface area contributed by atoms with Gasteiger partial charge in [0.15, 0.2) is 0 Å². The van der Waals surface area contributed by atoms with Crippen LogP contribution in [0.5, 0.6) is 0 Å². The molecule has 1 aromatic rings. The van der Waals surface area contributed by atoms with E-state index >= 15 is 0 Å². The molecule has 0 aromatic heterocycles. The van der Waals surface area contributed by atoms with Crippen LogP contribution in [0, 0.1) is 5.41 Å². The normalized spacial score (nSPS) is 11.5. The van der Waals surface area contributed by atoms with E-state index in [0.717, 1.165) is 12.1 Å². The minimum absolute atomic E-state index is 0.392. The molecule has 1 nitrogen and oxygen atoms in total. The second kappa shape index (κ2) is 5.41. The zero-order valence-electron chi connectivity index (χ0n) is 9.81. The Bertz CT molecular complexity index is 284. The van der Waals surface area contributed by atoms with E-state index in [-0.39, 0.29) is 0 Å². The van der Waals surface area contributed by atoms with Gasteiger partial charge in [0.1, 0.15) is 0 Å². The molecule has 0 spiro atoms. The molecule has 0 heterocycles. The second-order valence-corrected chi connectivity index (χ2v) is 5.34. The summed E-state index contributed by atoms with van der Waals surface area (Å²) in [6, 6.07) is 8.29. The maximum absolute atomic E-state index is 5.72. The summed E-state index contributed by atoms with van der Waals surface area (Å²) >= 11 is 5.72. The van der Waals surface area contributed by atoms with Crippen LogP contribution in [-0.2, 0) is 5.88 Å². The fourth-order valence-corrected chi connectivity index (χ4v) is 1.47. The summed E-state index contributed by atoms with van der Waals surface area (Å²) in [7, 11) is 0. The Hall–Kier alpha value is -0.690. The lowest BCUT2D eigenvalue weighted by atomic mass is 9.92. The molecule has 0 fully saturated rings. The standard InChI is InChI=1S/C13H20ClN/c1-13(2,3)8-9-15-12-6-4-11(10-14)5-7-12/h4-7,15H,8-10H2,1-3H3. The molecule has 0 unspecified atom stereocenters. The van der Waals surface area contributed by atoms with Gasteiger partial charge in [0.05, 0.1) is 0 Å². The Labute approximate surface area is 97.8 Å². The van der Waals surface area contributed by atoms with Crippen LogP contribution in [0.1, 0.15) is 32.8 Å². The Morgan fingerprint density at radius 2 is 1.73 bits per heavy atom. The molecule has 84 valence electrons. The van der Waals surface area contributed by atoms with E-state index in [1.165, 1.54) is 12.1 Å². The maximum atomic E-state index is 5.72. The zero-order chi connectivity index (χ0) is 11.3. The van der Waals surface area contributed by atoms with Gasteiger partial charge in [-0.15, -0.1) is 11.6 Å². The third kappa shape index (κ3) is 5.08. The highest BCUT2D eigenvalue weighted by Gasteiger charge is 2.08. The first-order valence-electron chi connectivity index (χ1n) is 5.40. The lowest BCUT2D eigenvalue weighted by Gasteiger charge is -2.18. The van der Waals surface area contributed by atoms with Gasteiger partial charge in [0.2, 0.25) is 0 Å². The molecule has 0 aliphatic carbocycles. The molecule has 1 rings (SSSR count). The maximum Gasteiger partial charge on any atom is 0.0474 e. The van der Waals surface area contributed by atoms with Gasteiger partial charge in [0, 0.05) is 18.1 Å². The van der Waals surface area contributed by atoms with Crippen molar-refractivity contribution >= 4 is 17.3 Å². The number of rotatable bonds is 4. The molecular weight excluding hydrogens is 206 g/mol. The lowest BCUT2D eigenvalue weighted by Crippen LogP contribution is -2.12. The molecule has 0 bridgehead atoms. The summed E-state index contributed by atoms with van der Waals surface area (Å²) in [4.78, 5) is 0. The van der Waals surface area contributed by atoms with Crippen LogP contribution in [0.15, 0.2) is 24.3 Å². The third-order valence-electron chi connectivity index (χ3n) is 2.31. The predicted molar refractivity (Wildman–Crippen MR) is 68.6 cm³/mol. The number of nitrogens with one attached hydrogen (secondary N) is 1. The average Bonchev–Trinajstić information content (AvgIpc) is 2.17. The van der Waals surface area contributed by atoms with Crippen LogP contribution < -0.4 is 5.32 Å². The number of benzene rings is 1. The van der Waals surface area contributed by atoms with Crippen molar-refractivity contribution in [2.24, 2.45) is 5.41 Å². The van der Waals surface area contributed by atoms with Crippen LogP contribution >= 0.6 is 11.6 Å². The highest BCUT2D eigenvalue weighted by atomic mass is 35.5. The molecule has 2 heteroatoms. The van der Waals surface area contributed by atoms with Crippen molar-refractivity contribution in [1.82, 2.24) is 0 Å². The SMILES string of the molecule is CC(C)(C)CCNc1ccc(CCl)cc1. The smallest absolute Gasteiger partial charge is 0.0474 e. The summed E-state index contributed by atoms with van der Waals surface area (Å²) in [5, 5.41) is 3.41. The van der Waals surface area contributed by atoms with Crippen LogP contribution in [0.2, 0.25) is 0 Å². The van der Waals surface area contributed by atoms with Crippen molar-refractivity contribution in [2.75, 3.05) is 11.9 Å². The number of hydrogen-bond acceptors (Lipinski definition) is 1. The fourth-order valence-electron chi connectivity index (χ4n) is 1.29. The van der Waals surface area contributed by atoms with Gasteiger partial charge in [0.25, 0.3) is 0 Å². The van der Waals surface area contributed by atoms with Crippen LogP contribution in [0.25, 0.3) is 0 Å². The Kier molecular flexibility index (Phi) is 4.46.